The average molecular weight is 192 g/mol. The summed E-state index contributed by atoms with van der Waals surface area (Å²) in [5, 5.41) is 0. The quantitative estimate of drug-likeness (QED) is 0.435. The van der Waals surface area contributed by atoms with Gasteiger partial charge in [0.25, 0.3) is 0 Å². The van der Waals surface area contributed by atoms with Gasteiger partial charge in [-0.3, -0.25) is 0 Å². The second kappa shape index (κ2) is 5.87. The van der Waals surface area contributed by atoms with Crippen molar-refractivity contribution in [2.75, 3.05) is 7.11 Å². The van der Waals surface area contributed by atoms with Gasteiger partial charge in [0.2, 0.25) is 6.33 Å². The Morgan fingerprint density at radius 3 is 2.25 bits per heavy atom. The summed E-state index contributed by atoms with van der Waals surface area (Å²) in [4.78, 5) is 0. The number of hydrogen-bond donors (Lipinski definition) is 0. The molecule has 0 fully saturated rings. The van der Waals surface area contributed by atoms with Crippen LogP contribution in [-0.2, 0) is 29.6 Å². The van der Waals surface area contributed by atoms with Gasteiger partial charge in [-0.2, -0.15) is 0 Å². The summed E-state index contributed by atoms with van der Waals surface area (Å²) < 4.78 is 26.0. The minimum Gasteiger partial charge on any atom is -0.750 e. The molecule has 6 heteroatoms. The zero-order valence-electron chi connectivity index (χ0n) is 7.26. The summed E-state index contributed by atoms with van der Waals surface area (Å²) in [6, 6.07) is 0. The predicted molar refractivity (Wildman–Crippen MR) is 42.5 cm³/mol. The summed E-state index contributed by atoms with van der Waals surface area (Å²) in [7, 11) is 5.09. The van der Waals surface area contributed by atoms with Crippen LogP contribution in [0.3, 0.4) is 0 Å². The van der Waals surface area contributed by atoms with Crippen molar-refractivity contribution >= 4 is 11.4 Å². The van der Waals surface area contributed by atoms with Crippen molar-refractivity contribution in [3.63, 3.8) is 0 Å². The van der Waals surface area contributed by atoms with Gasteiger partial charge in [0.15, 0.2) is 0 Å². The molecule has 1 rings (SSSR count). The monoisotopic (exact) mass is 192 g/mol. The van der Waals surface area contributed by atoms with Gasteiger partial charge in [0.1, 0.15) is 12.4 Å². The van der Waals surface area contributed by atoms with Gasteiger partial charge in [0.05, 0.1) is 32.6 Å². The van der Waals surface area contributed by atoms with Crippen LogP contribution in [0.2, 0.25) is 0 Å². The zero-order chi connectivity index (χ0) is 9.56. The molecule has 0 aliphatic heterocycles. The molecule has 0 radical (unpaired) electrons. The second-order valence-electron chi connectivity index (χ2n) is 2.12. The molecular weight excluding hydrogens is 180 g/mol. The van der Waals surface area contributed by atoms with E-state index in [9.17, 15) is 0 Å². The molecule has 0 aliphatic rings. The fourth-order valence-electron chi connectivity index (χ4n) is 0.575. The number of imidazole rings is 1. The molecule has 5 nitrogen and oxygen atoms in total. The zero-order valence-corrected chi connectivity index (χ0v) is 8.08. The molecule has 0 N–H and O–H groups in total. The number of aromatic nitrogens is 2. The third-order valence-corrected chi connectivity index (χ3v) is 1.31. The van der Waals surface area contributed by atoms with Crippen molar-refractivity contribution in [2.24, 2.45) is 14.1 Å². The van der Waals surface area contributed by atoms with Crippen molar-refractivity contribution in [2.45, 2.75) is 0 Å². The topological polar surface area (TPSA) is 58.2 Å². The molecular formula is C6H12N2O3S. The van der Waals surface area contributed by atoms with Gasteiger partial charge in [-0.1, -0.05) is 0 Å². The summed E-state index contributed by atoms with van der Waals surface area (Å²) in [6.45, 7) is 0. The van der Waals surface area contributed by atoms with Gasteiger partial charge in [-0.05, 0) is 0 Å². The Kier molecular flexibility index (Phi) is 5.52. The molecule has 1 heterocycles. The van der Waals surface area contributed by atoms with Gasteiger partial charge in [-0.25, -0.2) is 13.3 Å². The number of aryl methyl sites for hydroxylation is 2. The first-order chi connectivity index (χ1) is 5.56. The van der Waals surface area contributed by atoms with Crippen molar-refractivity contribution in [3.8, 4) is 0 Å². The number of rotatable bonds is 1. The van der Waals surface area contributed by atoms with Crippen LogP contribution < -0.4 is 4.57 Å². The lowest BCUT2D eigenvalue weighted by molar-refractivity contribution is -0.670. The number of hydrogen-bond acceptors (Lipinski definition) is 3. The largest absolute Gasteiger partial charge is 0.750 e. The molecule has 0 amide bonds. The van der Waals surface area contributed by atoms with E-state index in [1.807, 2.05) is 42.0 Å². The van der Waals surface area contributed by atoms with Crippen molar-refractivity contribution in [1.29, 1.82) is 0 Å². The predicted octanol–water partition coefficient (Wildman–Crippen LogP) is -0.724. The Morgan fingerprint density at radius 2 is 2.17 bits per heavy atom. The summed E-state index contributed by atoms with van der Waals surface area (Å²) in [6.07, 6.45) is 6.00. The Bertz CT molecular complexity index is 232. The van der Waals surface area contributed by atoms with Crippen LogP contribution in [0.15, 0.2) is 18.7 Å². The molecule has 0 saturated carbocycles. The maximum Gasteiger partial charge on any atom is 0.243 e. The first-order valence-corrected chi connectivity index (χ1v) is 4.17. The first kappa shape index (κ1) is 11.3. The molecule has 0 spiro atoms. The molecule has 0 saturated heterocycles. The minimum absolute atomic E-state index is 1.09. The maximum atomic E-state index is 9.15. The van der Waals surface area contributed by atoms with Crippen LogP contribution in [-0.4, -0.2) is 20.4 Å². The van der Waals surface area contributed by atoms with E-state index in [0.717, 1.165) is 7.11 Å². The average Bonchev–Trinajstić information content (AvgIpc) is 2.36. The third kappa shape index (κ3) is 6.02. The number of nitrogens with zero attached hydrogens (tertiary/aromatic N) is 2. The van der Waals surface area contributed by atoms with E-state index in [1.165, 1.54) is 0 Å². The standard InChI is InChI=1S/C5H9N2.CH4O3S/c1-6-3-4-7(2)5-6;1-4-5(2)3/h3-5H,1-2H3;1H3,(H,2,3)/q+1;/p-1. The van der Waals surface area contributed by atoms with E-state index >= 15 is 0 Å². The molecule has 0 aliphatic carbocycles. The lowest BCUT2D eigenvalue weighted by Crippen LogP contribution is -2.23. The fourth-order valence-corrected chi connectivity index (χ4v) is 0.575. The third-order valence-electron chi connectivity index (χ3n) is 1.04. The molecule has 0 aromatic carbocycles. The van der Waals surface area contributed by atoms with Crippen LogP contribution >= 0.6 is 0 Å². The van der Waals surface area contributed by atoms with Crippen LogP contribution in [0.1, 0.15) is 0 Å². The summed E-state index contributed by atoms with van der Waals surface area (Å²) in [5.74, 6) is 0. The first-order valence-electron chi connectivity index (χ1n) is 3.17. The molecule has 0 bridgehead atoms. The van der Waals surface area contributed by atoms with E-state index in [4.69, 9.17) is 8.76 Å². The molecule has 1 atom stereocenters. The minimum atomic E-state index is -2.32. The Balaban J connectivity index is 0.000000217. The SMILES string of the molecule is COS(=O)[O-].Cn1cc[n+](C)c1. The Labute approximate surface area is 74.1 Å². The highest BCUT2D eigenvalue weighted by Crippen LogP contribution is 1.70. The van der Waals surface area contributed by atoms with Gasteiger partial charge < -0.3 is 8.74 Å². The Hall–Kier alpha value is -0.720. The normalized spacial score (nSPS) is 11.7. The molecule has 70 valence electrons. The van der Waals surface area contributed by atoms with Crippen LogP contribution in [0.5, 0.6) is 0 Å². The van der Waals surface area contributed by atoms with E-state index in [1.54, 1.807) is 0 Å². The molecule has 1 aromatic rings. The van der Waals surface area contributed by atoms with Crippen LogP contribution in [0.25, 0.3) is 0 Å². The summed E-state index contributed by atoms with van der Waals surface area (Å²) >= 11 is -2.32. The summed E-state index contributed by atoms with van der Waals surface area (Å²) in [5.41, 5.74) is 0. The van der Waals surface area contributed by atoms with E-state index in [2.05, 4.69) is 4.18 Å². The van der Waals surface area contributed by atoms with E-state index in [0.29, 0.717) is 0 Å². The van der Waals surface area contributed by atoms with Crippen molar-refractivity contribution in [1.82, 2.24) is 4.57 Å². The van der Waals surface area contributed by atoms with Crippen molar-refractivity contribution in [3.05, 3.63) is 18.7 Å². The van der Waals surface area contributed by atoms with Gasteiger partial charge in [-0.15, -0.1) is 0 Å². The smallest absolute Gasteiger partial charge is 0.243 e. The highest BCUT2D eigenvalue weighted by atomic mass is 32.2. The van der Waals surface area contributed by atoms with Gasteiger partial charge >= 0.3 is 0 Å². The molecule has 1 unspecified atom stereocenters. The lowest BCUT2D eigenvalue weighted by atomic mass is 10.9. The fraction of sp³-hybridized carbons (Fsp3) is 0.500. The van der Waals surface area contributed by atoms with E-state index in [-0.39, 0.29) is 0 Å². The highest BCUT2D eigenvalue weighted by molar-refractivity contribution is 7.74. The highest BCUT2D eigenvalue weighted by Gasteiger charge is 1.87. The van der Waals surface area contributed by atoms with Gasteiger partial charge in [0, 0.05) is 0 Å². The Morgan fingerprint density at radius 1 is 1.67 bits per heavy atom. The van der Waals surface area contributed by atoms with Crippen molar-refractivity contribution < 1.29 is 17.5 Å². The van der Waals surface area contributed by atoms with Crippen LogP contribution in [0, 0.1) is 0 Å². The second-order valence-corrected chi connectivity index (χ2v) is 2.86. The molecule has 1 aromatic heterocycles. The van der Waals surface area contributed by atoms with E-state index < -0.39 is 11.4 Å². The molecule has 12 heavy (non-hydrogen) atoms. The maximum absolute atomic E-state index is 9.15. The van der Waals surface area contributed by atoms with Crippen LogP contribution in [0.4, 0.5) is 0 Å². The lowest BCUT2D eigenvalue weighted by Gasteiger charge is -1.94.